The highest BCUT2D eigenvalue weighted by Gasteiger charge is 2.37. The van der Waals surface area contributed by atoms with Gasteiger partial charge in [-0.25, -0.2) is 9.18 Å². The van der Waals surface area contributed by atoms with Gasteiger partial charge in [-0.2, -0.15) is 0 Å². The Kier molecular flexibility index (Phi) is 3.63. The molecule has 2 aliphatic heterocycles. The minimum Gasteiger partial charge on any atom is -0.479 e. The Labute approximate surface area is 121 Å². The third-order valence-electron chi connectivity index (χ3n) is 4.09. The quantitative estimate of drug-likeness (QED) is 0.893. The smallest absolute Gasteiger partial charge is 0.332 e. The van der Waals surface area contributed by atoms with Gasteiger partial charge in [-0.1, -0.05) is 12.1 Å². The number of carboxylic acid groups (broad SMARTS) is 1. The highest BCUT2D eigenvalue weighted by Crippen LogP contribution is 2.26. The molecule has 0 radical (unpaired) electrons. The van der Waals surface area contributed by atoms with E-state index in [2.05, 4.69) is 0 Å². The number of carbonyl (C=O) groups is 2. The molecule has 0 unspecified atom stereocenters. The van der Waals surface area contributed by atoms with E-state index in [1.165, 1.54) is 6.07 Å². The van der Waals surface area contributed by atoms with Gasteiger partial charge in [-0.15, -0.1) is 0 Å². The van der Waals surface area contributed by atoms with E-state index in [4.69, 9.17) is 9.84 Å². The van der Waals surface area contributed by atoms with Crippen molar-refractivity contribution in [2.45, 2.75) is 38.0 Å². The Bertz CT molecular complexity index is 589. The maximum absolute atomic E-state index is 13.6. The van der Waals surface area contributed by atoms with Crippen molar-refractivity contribution in [3.63, 3.8) is 0 Å². The van der Waals surface area contributed by atoms with Gasteiger partial charge in [0.25, 0.3) is 5.91 Å². The van der Waals surface area contributed by atoms with Gasteiger partial charge in [0.15, 0.2) is 6.10 Å². The normalized spacial score (nSPS) is 24.7. The molecular formula is C15H16FNO4. The Morgan fingerprint density at radius 1 is 1.29 bits per heavy atom. The van der Waals surface area contributed by atoms with Crippen LogP contribution in [0, 0.1) is 5.82 Å². The molecule has 1 fully saturated rings. The molecule has 1 N–H and O–H groups in total. The molecule has 2 aliphatic rings. The minimum atomic E-state index is -1.03. The van der Waals surface area contributed by atoms with Crippen LogP contribution < -0.4 is 0 Å². The fraction of sp³-hybridized carbons (Fsp3) is 0.467. The lowest BCUT2D eigenvalue weighted by Gasteiger charge is -2.30. The van der Waals surface area contributed by atoms with Crippen molar-refractivity contribution in [3.05, 3.63) is 35.1 Å². The number of ether oxygens (including phenoxy) is 1. The first-order chi connectivity index (χ1) is 10.1. The molecule has 0 aromatic heterocycles. The molecule has 2 atom stereocenters. The van der Waals surface area contributed by atoms with E-state index >= 15 is 0 Å². The average Bonchev–Trinajstić information content (AvgIpc) is 2.96. The largest absolute Gasteiger partial charge is 0.479 e. The van der Waals surface area contributed by atoms with E-state index in [9.17, 15) is 14.0 Å². The molecule has 1 amide bonds. The van der Waals surface area contributed by atoms with Crippen molar-refractivity contribution in [1.82, 2.24) is 4.90 Å². The Morgan fingerprint density at radius 3 is 2.76 bits per heavy atom. The first kappa shape index (κ1) is 14.0. The molecule has 0 bridgehead atoms. The summed E-state index contributed by atoms with van der Waals surface area (Å²) in [6.07, 6.45) is -0.342. The fourth-order valence-electron chi connectivity index (χ4n) is 2.96. The zero-order chi connectivity index (χ0) is 15.0. The van der Waals surface area contributed by atoms with E-state index in [0.717, 1.165) is 5.56 Å². The molecule has 112 valence electrons. The average molecular weight is 293 g/mol. The summed E-state index contributed by atoms with van der Waals surface area (Å²) in [5.74, 6) is -1.47. The predicted octanol–water partition coefficient (Wildman–Crippen LogP) is 1.34. The standard InChI is InChI=1S/C15H16FNO4/c16-11-3-1-2-9-8-17(7-6-10(9)11)14(18)12-4-5-13(21-12)15(19)20/h1-3,12-13H,4-8H2,(H,19,20)/t12-,13+/m0/s1. The molecule has 2 heterocycles. The molecule has 0 aliphatic carbocycles. The SMILES string of the molecule is O=C(O)[C@H]1CC[C@@H](C(=O)N2CCc3c(F)cccc3C2)O1. The number of carbonyl (C=O) groups excluding carboxylic acids is 1. The second kappa shape index (κ2) is 5.44. The maximum atomic E-state index is 13.6. The summed E-state index contributed by atoms with van der Waals surface area (Å²) < 4.78 is 18.9. The second-order valence-corrected chi connectivity index (χ2v) is 5.42. The molecule has 21 heavy (non-hydrogen) atoms. The number of carboxylic acids is 1. The topological polar surface area (TPSA) is 66.8 Å². The third-order valence-corrected chi connectivity index (χ3v) is 4.09. The summed E-state index contributed by atoms with van der Waals surface area (Å²) in [5, 5.41) is 8.89. The lowest BCUT2D eigenvalue weighted by molar-refractivity contribution is -0.155. The second-order valence-electron chi connectivity index (χ2n) is 5.42. The van der Waals surface area contributed by atoms with E-state index < -0.39 is 18.2 Å². The molecule has 1 aromatic carbocycles. The molecule has 3 rings (SSSR count). The van der Waals surface area contributed by atoms with Crippen molar-refractivity contribution in [2.75, 3.05) is 6.54 Å². The third kappa shape index (κ3) is 2.63. The van der Waals surface area contributed by atoms with Crippen LogP contribution in [0.25, 0.3) is 0 Å². The fourth-order valence-corrected chi connectivity index (χ4v) is 2.96. The Morgan fingerprint density at radius 2 is 2.05 bits per heavy atom. The maximum Gasteiger partial charge on any atom is 0.332 e. The van der Waals surface area contributed by atoms with Gasteiger partial charge in [-0.05, 0) is 36.5 Å². The summed E-state index contributed by atoms with van der Waals surface area (Å²) in [4.78, 5) is 24.9. The van der Waals surface area contributed by atoms with Crippen LogP contribution in [0.4, 0.5) is 4.39 Å². The van der Waals surface area contributed by atoms with Gasteiger partial charge < -0.3 is 14.7 Å². The monoisotopic (exact) mass is 293 g/mol. The van der Waals surface area contributed by atoms with Crippen molar-refractivity contribution < 1.29 is 23.8 Å². The molecule has 5 nitrogen and oxygen atoms in total. The molecule has 1 aromatic rings. The lowest BCUT2D eigenvalue weighted by atomic mass is 9.98. The number of aliphatic carboxylic acids is 1. The first-order valence-electron chi connectivity index (χ1n) is 6.99. The van der Waals surface area contributed by atoms with Crippen LogP contribution in [0.2, 0.25) is 0 Å². The molecular weight excluding hydrogens is 277 g/mol. The summed E-state index contributed by atoms with van der Waals surface area (Å²) in [7, 11) is 0. The number of nitrogens with zero attached hydrogens (tertiary/aromatic N) is 1. The summed E-state index contributed by atoms with van der Waals surface area (Å²) in [6, 6.07) is 4.87. The van der Waals surface area contributed by atoms with Gasteiger partial charge >= 0.3 is 5.97 Å². The zero-order valence-electron chi connectivity index (χ0n) is 11.4. The Balaban J connectivity index is 1.69. The van der Waals surface area contributed by atoms with Crippen molar-refractivity contribution in [2.24, 2.45) is 0 Å². The van der Waals surface area contributed by atoms with Crippen LogP contribution in [0.5, 0.6) is 0 Å². The zero-order valence-corrected chi connectivity index (χ0v) is 11.4. The van der Waals surface area contributed by atoms with Gasteiger partial charge in [0, 0.05) is 13.1 Å². The van der Waals surface area contributed by atoms with Crippen molar-refractivity contribution in [3.8, 4) is 0 Å². The molecule has 1 saturated heterocycles. The van der Waals surface area contributed by atoms with Crippen LogP contribution in [-0.4, -0.2) is 40.6 Å². The molecule has 0 saturated carbocycles. The van der Waals surface area contributed by atoms with Gasteiger partial charge in [0.1, 0.15) is 11.9 Å². The highest BCUT2D eigenvalue weighted by molar-refractivity contribution is 5.83. The van der Waals surface area contributed by atoms with E-state index in [1.807, 2.05) is 6.07 Å². The van der Waals surface area contributed by atoms with Crippen LogP contribution in [0.15, 0.2) is 18.2 Å². The minimum absolute atomic E-state index is 0.200. The number of hydrogen-bond acceptors (Lipinski definition) is 3. The summed E-state index contributed by atoms with van der Waals surface area (Å²) in [5.41, 5.74) is 1.47. The van der Waals surface area contributed by atoms with Crippen LogP contribution >= 0.6 is 0 Å². The van der Waals surface area contributed by atoms with Crippen molar-refractivity contribution >= 4 is 11.9 Å². The van der Waals surface area contributed by atoms with E-state index in [1.54, 1.807) is 11.0 Å². The predicted molar refractivity (Wildman–Crippen MR) is 71.1 cm³/mol. The van der Waals surface area contributed by atoms with Crippen molar-refractivity contribution in [1.29, 1.82) is 0 Å². The van der Waals surface area contributed by atoms with Crippen LogP contribution in [0.3, 0.4) is 0 Å². The summed E-state index contributed by atoms with van der Waals surface area (Å²) >= 11 is 0. The van der Waals surface area contributed by atoms with Crippen LogP contribution in [-0.2, 0) is 27.3 Å². The van der Waals surface area contributed by atoms with E-state index in [0.29, 0.717) is 37.9 Å². The summed E-state index contributed by atoms with van der Waals surface area (Å²) in [6.45, 7) is 0.786. The molecule has 0 spiro atoms. The number of fused-ring (bicyclic) bond motifs is 1. The van der Waals surface area contributed by atoms with Gasteiger partial charge in [0.2, 0.25) is 0 Å². The number of halogens is 1. The number of hydrogen-bond donors (Lipinski definition) is 1. The molecule has 6 heteroatoms. The number of benzene rings is 1. The van der Waals surface area contributed by atoms with Gasteiger partial charge in [-0.3, -0.25) is 4.79 Å². The first-order valence-corrected chi connectivity index (χ1v) is 6.99. The highest BCUT2D eigenvalue weighted by atomic mass is 19.1. The Hall–Kier alpha value is -1.95. The van der Waals surface area contributed by atoms with E-state index in [-0.39, 0.29) is 11.7 Å². The number of amides is 1. The van der Waals surface area contributed by atoms with Crippen LogP contribution in [0.1, 0.15) is 24.0 Å². The lowest BCUT2D eigenvalue weighted by Crippen LogP contribution is -2.42. The number of rotatable bonds is 2. The van der Waals surface area contributed by atoms with Gasteiger partial charge in [0.05, 0.1) is 0 Å².